The number of rotatable bonds is 5. The molecule has 0 saturated heterocycles. The molecule has 0 amide bonds. The number of benzene rings is 2. The van der Waals surface area contributed by atoms with E-state index in [1.165, 1.54) is 5.56 Å². The number of nitrogens with one attached hydrogen (secondary N) is 1. The van der Waals surface area contributed by atoms with Gasteiger partial charge >= 0.3 is 0 Å². The summed E-state index contributed by atoms with van der Waals surface area (Å²) in [6, 6.07) is 19.0. The van der Waals surface area contributed by atoms with Crippen molar-refractivity contribution in [3.8, 4) is 5.75 Å². The lowest BCUT2D eigenvalue weighted by molar-refractivity contribution is 0.306. The van der Waals surface area contributed by atoms with E-state index in [0.717, 1.165) is 18.0 Å². The van der Waals surface area contributed by atoms with Gasteiger partial charge in [0, 0.05) is 24.4 Å². The summed E-state index contributed by atoms with van der Waals surface area (Å²) in [4.78, 5) is 0. The molecule has 0 fully saturated rings. The van der Waals surface area contributed by atoms with Crippen molar-refractivity contribution in [3.63, 3.8) is 0 Å². The van der Waals surface area contributed by atoms with E-state index in [1.807, 2.05) is 36.4 Å². The smallest absolute Gasteiger partial charge is 0.121 e. The first kappa shape index (κ1) is 11.5. The molecule has 17 heavy (non-hydrogen) atoms. The fourth-order valence-electron chi connectivity index (χ4n) is 1.57. The van der Waals surface area contributed by atoms with E-state index in [2.05, 4.69) is 30.4 Å². The first-order valence-corrected chi connectivity index (χ1v) is 5.81. The Balaban J connectivity index is 1.97. The second-order valence-corrected chi connectivity index (χ2v) is 3.74. The first-order chi connectivity index (χ1) is 8.38. The number of anilines is 1. The minimum atomic E-state index is 0.594. The summed E-state index contributed by atoms with van der Waals surface area (Å²) in [5, 5.41) is 3.21. The van der Waals surface area contributed by atoms with Crippen LogP contribution < -0.4 is 10.1 Å². The third-order valence-corrected chi connectivity index (χ3v) is 2.39. The highest BCUT2D eigenvalue weighted by atomic mass is 16.5. The molecule has 0 unspecified atom stereocenters. The normalized spacial score (nSPS) is 9.94. The summed E-state index contributed by atoms with van der Waals surface area (Å²) >= 11 is 0. The molecule has 0 aromatic heterocycles. The van der Waals surface area contributed by atoms with Crippen molar-refractivity contribution in [2.24, 2.45) is 0 Å². The third kappa shape index (κ3) is 3.52. The third-order valence-electron chi connectivity index (χ3n) is 2.39. The van der Waals surface area contributed by atoms with Crippen molar-refractivity contribution in [3.05, 3.63) is 60.2 Å². The molecule has 0 aliphatic rings. The zero-order valence-corrected chi connectivity index (χ0v) is 9.94. The van der Waals surface area contributed by atoms with Crippen LogP contribution in [-0.2, 0) is 6.61 Å². The van der Waals surface area contributed by atoms with Crippen molar-refractivity contribution in [1.29, 1.82) is 0 Å². The van der Waals surface area contributed by atoms with Gasteiger partial charge in [-0.15, -0.1) is 0 Å². The van der Waals surface area contributed by atoms with Gasteiger partial charge in [-0.2, -0.15) is 0 Å². The molecule has 0 atom stereocenters. The van der Waals surface area contributed by atoms with E-state index in [-0.39, 0.29) is 0 Å². The molecule has 87 valence electrons. The van der Waals surface area contributed by atoms with Crippen molar-refractivity contribution in [2.75, 3.05) is 11.9 Å². The predicted molar refractivity (Wildman–Crippen MR) is 70.2 cm³/mol. The summed E-state index contributed by atoms with van der Waals surface area (Å²) < 4.78 is 5.72. The Morgan fingerprint density at radius 1 is 1.18 bits per heavy atom. The van der Waals surface area contributed by atoms with Gasteiger partial charge in [0.1, 0.15) is 12.4 Å². The largest absolute Gasteiger partial charge is 0.489 e. The maximum atomic E-state index is 5.72. The van der Waals surface area contributed by atoms with Crippen LogP contribution in [0.4, 0.5) is 5.69 Å². The molecule has 2 nitrogen and oxygen atoms in total. The van der Waals surface area contributed by atoms with E-state index in [1.54, 1.807) is 0 Å². The predicted octanol–water partition coefficient (Wildman–Crippen LogP) is 3.50. The molecule has 0 aliphatic heterocycles. The Morgan fingerprint density at radius 3 is 2.76 bits per heavy atom. The van der Waals surface area contributed by atoms with Crippen LogP contribution in [0.5, 0.6) is 5.75 Å². The summed E-state index contributed by atoms with van der Waals surface area (Å²) in [6.45, 7) is 3.54. The highest BCUT2D eigenvalue weighted by molar-refractivity contribution is 5.46. The Bertz CT molecular complexity index is 453. The second-order valence-electron chi connectivity index (χ2n) is 3.74. The summed E-state index contributed by atoms with van der Waals surface area (Å²) in [7, 11) is 0. The van der Waals surface area contributed by atoms with Crippen molar-refractivity contribution < 1.29 is 4.74 Å². The van der Waals surface area contributed by atoms with E-state index in [9.17, 15) is 0 Å². The number of hydrogen-bond donors (Lipinski definition) is 1. The zero-order valence-electron chi connectivity index (χ0n) is 9.94. The maximum absolute atomic E-state index is 5.72. The van der Waals surface area contributed by atoms with Crippen molar-refractivity contribution >= 4 is 5.69 Å². The van der Waals surface area contributed by atoms with Crippen LogP contribution in [0.25, 0.3) is 0 Å². The topological polar surface area (TPSA) is 21.3 Å². The summed E-state index contributed by atoms with van der Waals surface area (Å²) in [5.74, 6) is 0.864. The molecule has 1 radical (unpaired) electrons. The fraction of sp³-hybridized carbons (Fsp3) is 0.200. The minimum absolute atomic E-state index is 0.594. The van der Waals surface area contributed by atoms with E-state index in [4.69, 9.17) is 4.74 Å². The molecule has 0 saturated carbocycles. The van der Waals surface area contributed by atoms with Gasteiger partial charge in [0.05, 0.1) is 0 Å². The molecule has 0 spiro atoms. The highest BCUT2D eigenvalue weighted by Gasteiger charge is 1.97. The van der Waals surface area contributed by atoms with Crippen LogP contribution in [0.3, 0.4) is 0 Å². The fourth-order valence-corrected chi connectivity index (χ4v) is 1.57. The Labute approximate surface area is 102 Å². The van der Waals surface area contributed by atoms with Gasteiger partial charge in [-0.1, -0.05) is 30.3 Å². The number of hydrogen-bond acceptors (Lipinski definition) is 2. The Morgan fingerprint density at radius 2 is 2.00 bits per heavy atom. The lowest BCUT2D eigenvalue weighted by Gasteiger charge is -2.08. The van der Waals surface area contributed by atoms with Crippen LogP contribution in [0.15, 0.2) is 48.5 Å². The molecular formula is C15H16NO. The van der Waals surface area contributed by atoms with Crippen LogP contribution in [0.1, 0.15) is 12.5 Å². The number of ether oxygens (including phenoxy) is 1. The van der Waals surface area contributed by atoms with Crippen molar-refractivity contribution in [2.45, 2.75) is 13.5 Å². The van der Waals surface area contributed by atoms with E-state index < -0.39 is 0 Å². The molecule has 2 rings (SSSR count). The quantitative estimate of drug-likeness (QED) is 0.842. The molecular weight excluding hydrogens is 210 g/mol. The molecule has 2 aromatic rings. The maximum Gasteiger partial charge on any atom is 0.121 e. The monoisotopic (exact) mass is 226 g/mol. The second kappa shape index (κ2) is 5.94. The van der Waals surface area contributed by atoms with Gasteiger partial charge in [0.2, 0.25) is 0 Å². The van der Waals surface area contributed by atoms with Gasteiger partial charge in [-0.3, -0.25) is 0 Å². The zero-order chi connectivity index (χ0) is 11.9. The molecule has 0 aliphatic carbocycles. The molecule has 2 aromatic carbocycles. The Kier molecular flexibility index (Phi) is 4.03. The lowest BCUT2D eigenvalue weighted by Crippen LogP contribution is -1.98. The van der Waals surface area contributed by atoms with Crippen LogP contribution in [-0.4, -0.2) is 6.54 Å². The average Bonchev–Trinajstić information content (AvgIpc) is 2.39. The average molecular weight is 226 g/mol. The van der Waals surface area contributed by atoms with E-state index >= 15 is 0 Å². The molecule has 1 N–H and O–H groups in total. The minimum Gasteiger partial charge on any atom is -0.489 e. The van der Waals surface area contributed by atoms with Gasteiger partial charge < -0.3 is 10.1 Å². The van der Waals surface area contributed by atoms with Crippen LogP contribution in [0.2, 0.25) is 0 Å². The van der Waals surface area contributed by atoms with Gasteiger partial charge in [-0.25, -0.2) is 0 Å². The first-order valence-electron chi connectivity index (χ1n) is 5.81. The SMILES string of the molecule is CCNc1[c]ccc(OCc2ccccc2)c1. The highest BCUT2D eigenvalue weighted by Crippen LogP contribution is 2.17. The van der Waals surface area contributed by atoms with Gasteiger partial charge in [-0.05, 0) is 24.6 Å². The summed E-state index contributed by atoms with van der Waals surface area (Å²) in [6.07, 6.45) is 0. The van der Waals surface area contributed by atoms with Gasteiger partial charge in [0.15, 0.2) is 0 Å². The Hall–Kier alpha value is -1.96. The van der Waals surface area contributed by atoms with Crippen LogP contribution in [0, 0.1) is 6.07 Å². The molecule has 0 bridgehead atoms. The van der Waals surface area contributed by atoms with Crippen LogP contribution >= 0.6 is 0 Å². The summed E-state index contributed by atoms with van der Waals surface area (Å²) in [5.41, 5.74) is 2.14. The molecule has 0 heterocycles. The van der Waals surface area contributed by atoms with Gasteiger partial charge in [0.25, 0.3) is 0 Å². The van der Waals surface area contributed by atoms with Crippen molar-refractivity contribution in [1.82, 2.24) is 0 Å². The lowest BCUT2D eigenvalue weighted by atomic mass is 10.2. The standard InChI is InChI=1S/C15H16NO/c1-2-16-14-9-6-10-15(11-14)17-12-13-7-4-3-5-8-13/h3-8,10-11,16H,2,12H2,1H3. The van der Waals surface area contributed by atoms with E-state index in [0.29, 0.717) is 6.61 Å². The molecule has 2 heteroatoms.